The Morgan fingerprint density at radius 3 is 2.68 bits per heavy atom. The molecule has 0 radical (unpaired) electrons. The number of halogens is 2. The summed E-state index contributed by atoms with van der Waals surface area (Å²) in [6.45, 7) is 1.66. The number of piperidine rings is 1. The first-order valence-corrected chi connectivity index (χ1v) is 15.5. The summed E-state index contributed by atoms with van der Waals surface area (Å²) in [5.74, 6) is 0.518. The molecule has 38 heavy (non-hydrogen) atoms. The summed E-state index contributed by atoms with van der Waals surface area (Å²) < 4.78 is 40.4. The number of benzene rings is 2. The number of ether oxygens (including phenoxy) is 2. The van der Waals surface area contributed by atoms with Crippen molar-refractivity contribution in [2.75, 3.05) is 19.3 Å². The zero-order chi connectivity index (χ0) is 26.9. The van der Waals surface area contributed by atoms with Gasteiger partial charge in [-0.05, 0) is 48.2 Å². The van der Waals surface area contributed by atoms with Gasteiger partial charge in [-0.1, -0.05) is 35.3 Å². The lowest BCUT2D eigenvalue weighted by Crippen LogP contribution is -2.38. The van der Waals surface area contributed by atoms with Crippen molar-refractivity contribution in [1.82, 2.24) is 9.88 Å². The number of carbonyl (C=O) groups is 1. The van der Waals surface area contributed by atoms with E-state index in [-0.39, 0.29) is 37.2 Å². The summed E-state index contributed by atoms with van der Waals surface area (Å²) in [6, 6.07) is 10.3. The Bertz CT molecular complexity index is 1440. The number of likely N-dealkylation sites (tertiary alicyclic amines) is 1. The summed E-state index contributed by atoms with van der Waals surface area (Å²) in [5.41, 5.74) is 2.86. The number of rotatable bonds is 6. The summed E-state index contributed by atoms with van der Waals surface area (Å²) in [7, 11) is -3.67. The van der Waals surface area contributed by atoms with Crippen LogP contribution < -0.4 is 4.18 Å². The van der Waals surface area contributed by atoms with Crippen LogP contribution in [0.4, 0.5) is 0 Å². The van der Waals surface area contributed by atoms with E-state index in [2.05, 4.69) is 0 Å². The van der Waals surface area contributed by atoms with Crippen LogP contribution in [-0.2, 0) is 44.0 Å². The van der Waals surface area contributed by atoms with Crippen LogP contribution >= 0.6 is 34.5 Å². The van der Waals surface area contributed by atoms with Gasteiger partial charge in [0.1, 0.15) is 11.4 Å². The lowest BCUT2D eigenvalue weighted by molar-refractivity contribution is -0.155. The minimum absolute atomic E-state index is 0.0338. The van der Waals surface area contributed by atoms with Gasteiger partial charge in [0, 0.05) is 40.0 Å². The molecule has 0 aliphatic carbocycles. The normalized spacial score (nSPS) is 18.6. The molecule has 12 heteroatoms. The third kappa shape index (κ3) is 6.50. The fraction of sp³-hybridized carbons (Fsp3) is 0.385. The lowest BCUT2D eigenvalue weighted by atomic mass is 9.97. The van der Waals surface area contributed by atoms with E-state index in [4.69, 9.17) is 41.8 Å². The van der Waals surface area contributed by atoms with Gasteiger partial charge < -0.3 is 18.6 Å². The highest BCUT2D eigenvalue weighted by atomic mass is 35.5. The molecule has 8 nitrogen and oxygen atoms in total. The SMILES string of the molecule is CS(=O)(=O)Oc1cccc2c1COC(c1csc(C3CCN(C(=O)Cc4cc(Cl)ccc4Cl)CC3)n1)OC2. The first-order valence-electron chi connectivity index (χ1n) is 12.1. The second-order valence-corrected chi connectivity index (χ2v) is 12.6. The van der Waals surface area contributed by atoms with Crippen molar-refractivity contribution in [2.45, 2.75) is 44.7 Å². The Kier molecular flexibility index (Phi) is 8.27. The maximum absolute atomic E-state index is 12.8. The van der Waals surface area contributed by atoms with Crippen molar-refractivity contribution < 1.29 is 26.9 Å². The molecule has 202 valence electrons. The maximum atomic E-state index is 12.8. The van der Waals surface area contributed by atoms with E-state index in [9.17, 15) is 13.2 Å². The molecule has 2 aromatic carbocycles. The average Bonchev–Trinajstić information content (AvgIpc) is 3.26. The molecule has 2 aliphatic heterocycles. The third-order valence-corrected chi connectivity index (χ3v) is 8.68. The van der Waals surface area contributed by atoms with Gasteiger partial charge in [0.2, 0.25) is 12.2 Å². The van der Waals surface area contributed by atoms with Crippen LogP contribution in [0.15, 0.2) is 41.8 Å². The summed E-state index contributed by atoms with van der Waals surface area (Å²) in [6.07, 6.45) is 2.18. The minimum atomic E-state index is -3.67. The first-order chi connectivity index (χ1) is 18.2. The largest absolute Gasteiger partial charge is 0.382 e. The van der Waals surface area contributed by atoms with Gasteiger partial charge >= 0.3 is 10.1 Å². The molecule has 5 rings (SSSR count). The molecule has 1 fully saturated rings. The summed E-state index contributed by atoms with van der Waals surface area (Å²) >= 11 is 13.8. The number of carbonyl (C=O) groups excluding carboxylic acids is 1. The van der Waals surface area contributed by atoms with Gasteiger partial charge in [0.25, 0.3) is 0 Å². The molecule has 1 aromatic heterocycles. The van der Waals surface area contributed by atoms with Crippen molar-refractivity contribution in [3.8, 4) is 5.75 Å². The molecule has 0 N–H and O–H groups in total. The first kappa shape index (κ1) is 27.4. The molecular formula is C26H26Cl2N2O6S2. The third-order valence-electron chi connectivity index (χ3n) is 6.57. The van der Waals surface area contributed by atoms with Crippen LogP contribution in [0.3, 0.4) is 0 Å². The summed E-state index contributed by atoms with van der Waals surface area (Å²) in [5, 5.41) is 4.02. The smallest absolute Gasteiger partial charge is 0.306 e. The van der Waals surface area contributed by atoms with Crippen LogP contribution in [0.2, 0.25) is 10.0 Å². The van der Waals surface area contributed by atoms with E-state index in [0.29, 0.717) is 34.4 Å². The number of hydrogen-bond acceptors (Lipinski definition) is 8. The second kappa shape index (κ2) is 11.5. The Morgan fingerprint density at radius 2 is 1.92 bits per heavy atom. The fourth-order valence-corrected chi connectivity index (χ4v) is 6.47. The molecule has 3 aromatic rings. The molecule has 1 amide bonds. The van der Waals surface area contributed by atoms with Gasteiger partial charge in [0.05, 0.1) is 30.9 Å². The van der Waals surface area contributed by atoms with Crippen molar-refractivity contribution >= 4 is 50.6 Å². The quantitative estimate of drug-likeness (QED) is 0.347. The standard InChI is InChI=1S/C26H26Cl2N2O6S2/c1-38(32,33)36-23-4-2-3-17-13-34-26(35-14-20(17)23)22-15-37-25(29-22)16-7-9-30(10-8-16)24(31)12-18-11-19(27)5-6-21(18)28/h2-6,11,15-16,26H,7-10,12-14H2,1H3. The molecule has 0 bridgehead atoms. The summed E-state index contributed by atoms with van der Waals surface area (Å²) in [4.78, 5) is 19.5. The molecule has 1 saturated heterocycles. The Labute approximate surface area is 235 Å². The minimum Gasteiger partial charge on any atom is -0.382 e. The zero-order valence-electron chi connectivity index (χ0n) is 20.6. The molecule has 3 heterocycles. The van der Waals surface area contributed by atoms with Crippen LogP contribution in [0.25, 0.3) is 0 Å². The van der Waals surface area contributed by atoms with E-state index in [1.165, 1.54) is 0 Å². The Balaban J connectivity index is 1.18. The van der Waals surface area contributed by atoms with Crippen LogP contribution in [0.1, 0.15) is 52.4 Å². The Morgan fingerprint density at radius 1 is 1.16 bits per heavy atom. The van der Waals surface area contributed by atoms with Crippen molar-refractivity contribution in [3.63, 3.8) is 0 Å². The molecule has 1 unspecified atom stereocenters. The molecule has 0 saturated carbocycles. The van der Waals surface area contributed by atoms with E-state index < -0.39 is 16.4 Å². The average molecular weight is 598 g/mol. The second-order valence-electron chi connectivity index (χ2n) is 9.31. The number of hydrogen-bond donors (Lipinski definition) is 0. The van der Waals surface area contributed by atoms with E-state index in [1.807, 2.05) is 16.3 Å². The Hall–Kier alpha value is -2.21. The molecular weight excluding hydrogens is 571 g/mol. The predicted octanol–water partition coefficient (Wildman–Crippen LogP) is 5.48. The molecule has 1 atom stereocenters. The fourth-order valence-electron chi connectivity index (χ4n) is 4.62. The molecule has 0 spiro atoms. The van der Waals surface area contributed by atoms with Gasteiger partial charge in [-0.15, -0.1) is 11.3 Å². The van der Waals surface area contributed by atoms with Gasteiger partial charge in [-0.25, -0.2) is 4.98 Å². The van der Waals surface area contributed by atoms with Crippen molar-refractivity contribution in [1.29, 1.82) is 0 Å². The maximum Gasteiger partial charge on any atom is 0.306 e. The topological polar surface area (TPSA) is 95.0 Å². The number of nitrogens with zero attached hydrogens (tertiary/aromatic N) is 2. The van der Waals surface area contributed by atoms with E-state index >= 15 is 0 Å². The molecule has 2 aliphatic rings. The monoisotopic (exact) mass is 596 g/mol. The number of amides is 1. The van der Waals surface area contributed by atoms with Gasteiger partial charge in [0.15, 0.2) is 0 Å². The van der Waals surface area contributed by atoms with Gasteiger partial charge in [-0.3, -0.25) is 4.79 Å². The predicted molar refractivity (Wildman–Crippen MR) is 145 cm³/mol. The highest BCUT2D eigenvalue weighted by molar-refractivity contribution is 7.86. The van der Waals surface area contributed by atoms with Crippen molar-refractivity contribution in [2.24, 2.45) is 0 Å². The van der Waals surface area contributed by atoms with Gasteiger partial charge in [-0.2, -0.15) is 8.42 Å². The number of aromatic nitrogens is 1. The highest BCUT2D eigenvalue weighted by Gasteiger charge is 2.29. The van der Waals surface area contributed by atoms with E-state index in [1.54, 1.807) is 41.7 Å². The zero-order valence-corrected chi connectivity index (χ0v) is 23.7. The van der Waals surface area contributed by atoms with E-state index in [0.717, 1.165) is 35.2 Å². The highest BCUT2D eigenvalue weighted by Crippen LogP contribution is 2.36. The lowest BCUT2D eigenvalue weighted by Gasteiger charge is -2.31. The van der Waals surface area contributed by atoms with Crippen LogP contribution in [0.5, 0.6) is 5.75 Å². The van der Waals surface area contributed by atoms with Crippen LogP contribution in [-0.4, -0.2) is 43.6 Å². The number of thiazole rings is 1. The number of fused-ring (bicyclic) bond motifs is 1. The van der Waals surface area contributed by atoms with Crippen molar-refractivity contribution in [3.05, 3.63) is 79.2 Å². The van der Waals surface area contributed by atoms with Crippen LogP contribution in [0, 0.1) is 0 Å².